The molecule has 0 spiro atoms. The second-order valence-electron chi connectivity index (χ2n) is 4.13. The molecule has 4 heteroatoms. The van der Waals surface area contributed by atoms with E-state index in [1.54, 1.807) is 12.1 Å². The van der Waals surface area contributed by atoms with Crippen LogP contribution in [0.15, 0.2) is 24.3 Å². The minimum absolute atomic E-state index is 0. The van der Waals surface area contributed by atoms with Crippen LogP contribution < -0.4 is 5.32 Å². The van der Waals surface area contributed by atoms with Crippen LogP contribution in [0.4, 0.5) is 4.39 Å². The predicted molar refractivity (Wildman–Crippen MR) is 75.0 cm³/mol. The van der Waals surface area contributed by atoms with Crippen LogP contribution in [0.2, 0.25) is 0 Å². The van der Waals surface area contributed by atoms with E-state index in [-0.39, 0.29) is 30.0 Å². The Morgan fingerprint density at radius 2 is 2.11 bits per heavy atom. The second kappa shape index (κ2) is 9.06. The molecule has 0 aliphatic heterocycles. The van der Waals surface area contributed by atoms with E-state index < -0.39 is 0 Å². The van der Waals surface area contributed by atoms with Crippen LogP contribution in [-0.2, 0) is 0 Å². The molecule has 1 aromatic rings. The minimum atomic E-state index is -0.360. The van der Waals surface area contributed by atoms with Gasteiger partial charge >= 0.3 is 0 Å². The second-order valence-corrected chi connectivity index (χ2v) is 4.13. The van der Waals surface area contributed by atoms with Crippen molar-refractivity contribution in [3.05, 3.63) is 35.6 Å². The summed E-state index contributed by atoms with van der Waals surface area (Å²) in [6.07, 6.45) is 2.86. The lowest BCUT2D eigenvalue weighted by Crippen LogP contribution is -2.36. The molecular weight excluding hydrogens is 253 g/mol. The van der Waals surface area contributed by atoms with Gasteiger partial charge in [-0.05, 0) is 25.1 Å². The molecule has 0 fully saturated rings. The predicted octanol–water partition coefficient (Wildman–Crippen LogP) is 3.60. The first-order chi connectivity index (χ1) is 8.19. The third-order valence-corrected chi connectivity index (χ3v) is 2.72. The van der Waals surface area contributed by atoms with Crippen molar-refractivity contribution in [1.29, 1.82) is 0 Å². The lowest BCUT2D eigenvalue weighted by atomic mass is 9.99. The number of benzene rings is 1. The monoisotopic (exact) mass is 273 g/mol. The fourth-order valence-corrected chi connectivity index (χ4v) is 1.82. The van der Waals surface area contributed by atoms with Gasteiger partial charge in [0.1, 0.15) is 5.82 Å². The van der Waals surface area contributed by atoms with Crippen molar-refractivity contribution in [2.24, 2.45) is 0 Å². The molecule has 1 atom stereocenters. The van der Waals surface area contributed by atoms with E-state index in [9.17, 15) is 9.18 Å². The first kappa shape index (κ1) is 17.1. The largest absolute Gasteiger partial charge is 0.307 e. The number of hydrogen-bond acceptors (Lipinski definition) is 2. The molecule has 0 heterocycles. The van der Waals surface area contributed by atoms with E-state index in [4.69, 9.17) is 0 Å². The Morgan fingerprint density at radius 1 is 1.39 bits per heavy atom. The maximum atomic E-state index is 13.1. The summed E-state index contributed by atoms with van der Waals surface area (Å²) in [5.41, 5.74) is 0.451. The zero-order valence-electron chi connectivity index (χ0n) is 10.9. The summed E-state index contributed by atoms with van der Waals surface area (Å²) in [6.45, 7) is 4.81. The molecule has 2 nitrogen and oxygen atoms in total. The van der Waals surface area contributed by atoms with E-state index in [1.807, 2.05) is 6.92 Å². The highest BCUT2D eigenvalue weighted by Crippen LogP contribution is 2.10. The molecule has 0 saturated carbocycles. The molecule has 0 aliphatic rings. The van der Waals surface area contributed by atoms with Crippen molar-refractivity contribution >= 4 is 18.2 Å². The molecule has 1 aromatic carbocycles. The van der Waals surface area contributed by atoms with Crippen LogP contribution in [0.5, 0.6) is 0 Å². The maximum Gasteiger partial charge on any atom is 0.179 e. The Morgan fingerprint density at radius 3 is 2.67 bits per heavy atom. The summed E-state index contributed by atoms with van der Waals surface area (Å²) in [7, 11) is 0. The first-order valence-electron chi connectivity index (χ1n) is 6.22. The fraction of sp³-hybridized carbons (Fsp3) is 0.500. The van der Waals surface area contributed by atoms with E-state index >= 15 is 0 Å². The van der Waals surface area contributed by atoms with Gasteiger partial charge in [0.15, 0.2) is 5.78 Å². The molecule has 18 heavy (non-hydrogen) atoms. The fourth-order valence-electron chi connectivity index (χ4n) is 1.82. The van der Waals surface area contributed by atoms with Crippen molar-refractivity contribution in [3.63, 3.8) is 0 Å². The van der Waals surface area contributed by atoms with Crippen LogP contribution in [0.1, 0.15) is 43.5 Å². The summed E-state index contributed by atoms with van der Waals surface area (Å²) in [5.74, 6) is -0.374. The number of nitrogens with one attached hydrogen (secondary N) is 1. The van der Waals surface area contributed by atoms with Gasteiger partial charge in [0.25, 0.3) is 0 Å². The van der Waals surface area contributed by atoms with Gasteiger partial charge in [0.05, 0.1) is 6.04 Å². The van der Waals surface area contributed by atoms with Crippen molar-refractivity contribution in [2.75, 3.05) is 6.54 Å². The van der Waals surface area contributed by atoms with Crippen molar-refractivity contribution < 1.29 is 9.18 Å². The van der Waals surface area contributed by atoms with Gasteiger partial charge in [-0.1, -0.05) is 38.8 Å². The maximum absolute atomic E-state index is 13.1. The average Bonchev–Trinajstić information content (AvgIpc) is 2.33. The Bertz CT molecular complexity index is 371. The number of halogens is 2. The smallest absolute Gasteiger partial charge is 0.179 e. The normalized spacial score (nSPS) is 11.7. The number of carbonyl (C=O) groups excluding carboxylic acids is 1. The number of unbranched alkanes of at least 4 members (excludes halogenated alkanes) is 1. The Labute approximate surface area is 114 Å². The topological polar surface area (TPSA) is 29.1 Å². The zero-order chi connectivity index (χ0) is 12.7. The molecule has 0 saturated heterocycles. The molecule has 102 valence electrons. The Balaban J connectivity index is 0.00000289. The van der Waals surface area contributed by atoms with Crippen LogP contribution in [0, 0.1) is 5.82 Å². The van der Waals surface area contributed by atoms with Gasteiger partial charge < -0.3 is 5.32 Å². The molecular formula is C14H21ClFNO. The lowest BCUT2D eigenvalue weighted by molar-refractivity contribution is 0.0937. The van der Waals surface area contributed by atoms with E-state index in [0.29, 0.717) is 5.56 Å². The molecule has 0 bridgehead atoms. The van der Waals surface area contributed by atoms with Crippen LogP contribution >= 0.6 is 12.4 Å². The molecule has 0 aliphatic carbocycles. The SMILES string of the molecule is CCCCC(NCC)C(=O)c1cccc(F)c1.Cl. The van der Waals surface area contributed by atoms with Crippen LogP contribution in [0.25, 0.3) is 0 Å². The first-order valence-corrected chi connectivity index (χ1v) is 6.22. The number of Topliss-reactive ketones (excluding diaryl/α,β-unsaturated/α-hetero) is 1. The standard InChI is InChI=1S/C14H20FNO.ClH/c1-3-5-9-13(16-4-2)14(17)11-7-6-8-12(15)10-11;/h6-8,10,13,16H,3-5,9H2,1-2H3;1H. The van der Waals surface area contributed by atoms with Crippen molar-refractivity contribution in [3.8, 4) is 0 Å². The molecule has 0 aromatic heterocycles. The number of ketones is 1. The third kappa shape index (κ3) is 5.15. The lowest BCUT2D eigenvalue weighted by Gasteiger charge is -2.16. The minimum Gasteiger partial charge on any atom is -0.307 e. The van der Waals surface area contributed by atoms with Gasteiger partial charge in [-0.3, -0.25) is 4.79 Å². The highest BCUT2D eigenvalue weighted by molar-refractivity contribution is 6.00. The van der Waals surface area contributed by atoms with Gasteiger partial charge in [-0.2, -0.15) is 0 Å². The van der Waals surface area contributed by atoms with Gasteiger partial charge in [0, 0.05) is 5.56 Å². The molecule has 1 unspecified atom stereocenters. The third-order valence-electron chi connectivity index (χ3n) is 2.72. The van der Waals surface area contributed by atoms with E-state index in [2.05, 4.69) is 12.2 Å². The number of likely N-dealkylation sites (N-methyl/N-ethyl adjacent to an activating group) is 1. The van der Waals surface area contributed by atoms with Gasteiger partial charge in [-0.15, -0.1) is 12.4 Å². The molecule has 0 radical (unpaired) electrons. The van der Waals surface area contributed by atoms with Gasteiger partial charge in [0.2, 0.25) is 0 Å². The molecule has 1 N–H and O–H groups in total. The van der Waals surface area contributed by atoms with Crippen LogP contribution in [-0.4, -0.2) is 18.4 Å². The number of rotatable bonds is 7. The summed E-state index contributed by atoms with van der Waals surface area (Å²) in [4.78, 5) is 12.2. The van der Waals surface area contributed by atoms with Crippen LogP contribution in [0.3, 0.4) is 0 Å². The van der Waals surface area contributed by atoms with Crippen molar-refractivity contribution in [2.45, 2.75) is 39.2 Å². The number of hydrogen-bond donors (Lipinski definition) is 1. The summed E-state index contributed by atoms with van der Waals surface area (Å²) >= 11 is 0. The van der Waals surface area contributed by atoms with Crippen molar-refractivity contribution in [1.82, 2.24) is 5.32 Å². The van der Waals surface area contributed by atoms with E-state index in [1.165, 1.54) is 12.1 Å². The number of carbonyl (C=O) groups is 1. The van der Waals surface area contributed by atoms with Gasteiger partial charge in [-0.25, -0.2) is 4.39 Å². The Kier molecular flexibility index (Phi) is 8.59. The quantitative estimate of drug-likeness (QED) is 0.769. The summed E-state index contributed by atoms with van der Waals surface area (Å²) in [6, 6.07) is 5.71. The zero-order valence-corrected chi connectivity index (χ0v) is 11.7. The molecule has 0 amide bonds. The highest BCUT2D eigenvalue weighted by atomic mass is 35.5. The van der Waals surface area contributed by atoms with E-state index in [0.717, 1.165) is 25.8 Å². The summed E-state index contributed by atoms with van der Waals surface area (Å²) in [5, 5.41) is 3.16. The molecule has 1 rings (SSSR count). The Hall–Kier alpha value is -0.930. The summed E-state index contributed by atoms with van der Waals surface area (Å²) < 4.78 is 13.1. The average molecular weight is 274 g/mol. The highest BCUT2D eigenvalue weighted by Gasteiger charge is 2.18.